The number of pyridine rings is 1. The van der Waals surface area contributed by atoms with Crippen LogP contribution in [0.4, 0.5) is 5.82 Å². The molecule has 0 saturated heterocycles. The van der Waals surface area contributed by atoms with Gasteiger partial charge in [0.1, 0.15) is 5.82 Å². The first-order chi connectivity index (χ1) is 6.59. The molecule has 1 aromatic heterocycles. The molecule has 0 aliphatic rings. The van der Waals surface area contributed by atoms with Gasteiger partial charge in [0.15, 0.2) is 0 Å². The van der Waals surface area contributed by atoms with E-state index in [1.54, 1.807) is 0 Å². The Balaban J connectivity index is 2.52. The summed E-state index contributed by atoms with van der Waals surface area (Å²) in [6.07, 6.45) is 3.04. The second-order valence-corrected chi connectivity index (χ2v) is 5.25. The van der Waals surface area contributed by atoms with Crippen LogP contribution in [0.5, 0.6) is 0 Å². The number of alkyl halides is 1. The summed E-state index contributed by atoms with van der Waals surface area (Å²) in [4.78, 5) is 7.11. The fourth-order valence-corrected chi connectivity index (χ4v) is 1.38. The number of anilines is 1. The van der Waals surface area contributed by atoms with Gasteiger partial charge < -0.3 is 4.90 Å². The third-order valence-electron chi connectivity index (χ3n) is 2.15. The highest BCUT2D eigenvalue weighted by atomic mass is 79.9. The molecular formula is C11H17BrN2. The Labute approximate surface area is 94.5 Å². The van der Waals surface area contributed by atoms with E-state index in [9.17, 15) is 0 Å². The largest absolute Gasteiger partial charge is 0.360 e. The molecule has 0 radical (unpaired) electrons. The van der Waals surface area contributed by atoms with E-state index in [1.807, 2.05) is 6.20 Å². The number of aromatic nitrogens is 1. The molecule has 78 valence electrons. The summed E-state index contributed by atoms with van der Waals surface area (Å²) in [5.41, 5.74) is 1.20. The molecule has 0 bridgehead atoms. The highest BCUT2D eigenvalue weighted by Crippen LogP contribution is 2.11. The van der Waals surface area contributed by atoms with Crippen LogP contribution in [0.1, 0.15) is 18.9 Å². The number of hydrogen-bond donors (Lipinski definition) is 0. The summed E-state index contributed by atoms with van der Waals surface area (Å²) in [6, 6.07) is 4.16. The van der Waals surface area contributed by atoms with E-state index in [4.69, 9.17) is 0 Å². The van der Waals surface area contributed by atoms with Crippen molar-refractivity contribution in [2.75, 3.05) is 18.5 Å². The Morgan fingerprint density at radius 2 is 2.21 bits per heavy atom. The molecule has 1 rings (SSSR count). The standard InChI is InChI=1S/C11H17BrN2/c1-9-4-5-11(13-8-9)14(3)7-6-10(2)12/h4-5,8,10H,6-7H2,1-3H3. The molecular weight excluding hydrogens is 240 g/mol. The van der Waals surface area contributed by atoms with Crippen molar-refractivity contribution in [3.8, 4) is 0 Å². The van der Waals surface area contributed by atoms with Crippen molar-refractivity contribution in [1.29, 1.82) is 0 Å². The Bertz CT molecular complexity index is 269. The number of rotatable bonds is 4. The smallest absolute Gasteiger partial charge is 0.128 e. The lowest BCUT2D eigenvalue weighted by Crippen LogP contribution is -2.21. The second-order valence-electron chi connectivity index (χ2n) is 3.68. The van der Waals surface area contributed by atoms with E-state index >= 15 is 0 Å². The van der Waals surface area contributed by atoms with Crippen molar-refractivity contribution in [2.24, 2.45) is 0 Å². The third-order valence-corrected chi connectivity index (χ3v) is 2.61. The zero-order valence-corrected chi connectivity index (χ0v) is 10.6. The Hall–Kier alpha value is -0.570. The van der Waals surface area contributed by atoms with Crippen LogP contribution in [0.3, 0.4) is 0 Å². The molecule has 1 aromatic rings. The van der Waals surface area contributed by atoms with E-state index in [0.717, 1.165) is 18.8 Å². The second kappa shape index (κ2) is 5.35. The molecule has 1 unspecified atom stereocenters. The number of hydrogen-bond acceptors (Lipinski definition) is 2. The van der Waals surface area contributed by atoms with Crippen LogP contribution in [-0.2, 0) is 0 Å². The van der Waals surface area contributed by atoms with E-state index in [0.29, 0.717) is 4.83 Å². The Morgan fingerprint density at radius 1 is 1.50 bits per heavy atom. The minimum atomic E-state index is 0.565. The molecule has 0 amide bonds. The van der Waals surface area contributed by atoms with Crippen LogP contribution in [0.15, 0.2) is 18.3 Å². The molecule has 0 aliphatic heterocycles. The van der Waals surface area contributed by atoms with Gasteiger partial charge in [0.05, 0.1) is 0 Å². The monoisotopic (exact) mass is 256 g/mol. The zero-order chi connectivity index (χ0) is 10.6. The van der Waals surface area contributed by atoms with Gasteiger partial charge in [-0.15, -0.1) is 0 Å². The van der Waals surface area contributed by atoms with Gasteiger partial charge in [0.25, 0.3) is 0 Å². The maximum atomic E-state index is 4.37. The quantitative estimate of drug-likeness (QED) is 0.771. The first-order valence-corrected chi connectivity index (χ1v) is 5.79. The first-order valence-electron chi connectivity index (χ1n) is 4.87. The van der Waals surface area contributed by atoms with Gasteiger partial charge in [-0.1, -0.05) is 28.9 Å². The number of nitrogens with zero attached hydrogens (tertiary/aromatic N) is 2. The summed E-state index contributed by atoms with van der Waals surface area (Å²) in [6.45, 7) is 5.25. The molecule has 2 nitrogen and oxygen atoms in total. The molecule has 0 N–H and O–H groups in total. The maximum Gasteiger partial charge on any atom is 0.128 e. The van der Waals surface area contributed by atoms with Gasteiger partial charge in [-0.05, 0) is 25.0 Å². The first kappa shape index (κ1) is 11.5. The van der Waals surface area contributed by atoms with Crippen molar-refractivity contribution in [3.05, 3.63) is 23.9 Å². The number of halogens is 1. The van der Waals surface area contributed by atoms with Gasteiger partial charge in [-0.3, -0.25) is 0 Å². The van der Waals surface area contributed by atoms with Crippen molar-refractivity contribution in [2.45, 2.75) is 25.1 Å². The highest BCUT2D eigenvalue weighted by molar-refractivity contribution is 9.09. The SMILES string of the molecule is Cc1ccc(N(C)CCC(C)Br)nc1. The molecule has 0 saturated carbocycles. The topological polar surface area (TPSA) is 16.1 Å². The van der Waals surface area contributed by atoms with Crippen LogP contribution >= 0.6 is 15.9 Å². The van der Waals surface area contributed by atoms with Crippen LogP contribution in [0.2, 0.25) is 0 Å². The summed E-state index contributed by atoms with van der Waals surface area (Å²) >= 11 is 3.54. The Kier molecular flexibility index (Phi) is 4.39. The average molecular weight is 257 g/mol. The molecule has 3 heteroatoms. The molecule has 0 aliphatic carbocycles. The Morgan fingerprint density at radius 3 is 2.71 bits per heavy atom. The van der Waals surface area contributed by atoms with Gasteiger partial charge in [0, 0.05) is 24.6 Å². The van der Waals surface area contributed by atoms with Crippen LogP contribution in [-0.4, -0.2) is 23.4 Å². The average Bonchev–Trinajstić information content (AvgIpc) is 2.15. The zero-order valence-electron chi connectivity index (χ0n) is 9.00. The molecule has 1 atom stereocenters. The number of aryl methyl sites for hydroxylation is 1. The maximum absolute atomic E-state index is 4.37. The summed E-state index contributed by atoms with van der Waals surface area (Å²) in [7, 11) is 2.08. The fourth-order valence-electron chi connectivity index (χ4n) is 1.17. The predicted molar refractivity (Wildman–Crippen MR) is 65.3 cm³/mol. The molecule has 14 heavy (non-hydrogen) atoms. The van der Waals surface area contributed by atoms with E-state index < -0.39 is 0 Å². The summed E-state index contributed by atoms with van der Waals surface area (Å²) in [5, 5.41) is 0. The molecule has 1 heterocycles. The lowest BCUT2D eigenvalue weighted by atomic mass is 10.3. The van der Waals surface area contributed by atoms with Crippen molar-refractivity contribution in [3.63, 3.8) is 0 Å². The minimum Gasteiger partial charge on any atom is -0.360 e. The van der Waals surface area contributed by atoms with Gasteiger partial charge in [0.2, 0.25) is 0 Å². The minimum absolute atomic E-state index is 0.565. The van der Waals surface area contributed by atoms with Crippen LogP contribution in [0, 0.1) is 6.92 Å². The van der Waals surface area contributed by atoms with Crippen LogP contribution in [0.25, 0.3) is 0 Å². The van der Waals surface area contributed by atoms with Crippen molar-refractivity contribution < 1.29 is 0 Å². The highest BCUT2D eigenvalue weighted by Gasteiger charge is 2.03. The predicted octanol–water partition coefficient (Wildman–Crippen LogP) is 3.00. The normalized spacial score (nSPS) is 12.6. The van der Waals surface area contributed by atoms with Gasteiger partial charge in [-0.2, -0.15) is 0 Å². The lowest BCUT2D eigenvalue weighted by molar-refractivity contribution is 0.778. The van der Waals surface area contributed by atoms with E-state index in [1.165, 1.54) is 5.56 Å². The van der Waals surface area contributed by atoms with Crippen molar-refractivity contribution in [1.82, 2.24) is 4.98 Å². The van der Waals surface area contributed by atoms with Crippen LogP contribution < -0.4 is 4.90 Å². The summed E-state index contributed by atoms with van der Waals surface area (Å²) < 4.78 is 0. The lowest BCUT2D eigenvalue weighted by Gasteiger charge is -2.18. The fraction of sp³-hybridized carbons (Fsp3) is 0.545. The van der Waals surface area contributed by atoms with Crippen molar-refractivity contribution >= 4 is 21.7 Å². The van der Waals surface area contributed by atoms with Gasteiger partial charge in [-0.25, -0.2) is 4.98 Å². The van der Waals surface area contributed by atoms with E-state index in [-0.39, 0.29) is 0 Å². The molecule has 0 aromatic carbocycles. The summed E-state index contributed by atoms with van der Waals surface area (Å²) in [5.74, 6) is 1.05. The van der Waals surface area contributed by atoms with E-state index in [2.05, 4.69) is 58.8 Å². The third kappa shape index (κ3) is 3.66. The van der Waals surface area contributed by atoms with Gasteiger partial charge >= 0.3 is 0 Å². The molecule has 0 spiro atoms. The molecule has 0 fully saturated rings.